The molecule has 21 heavy (non-hydrogen) atoms. The zero-order valence-electron chi connectivity index (χ0n) is 10.5. The van der Waals surface area contributed by atoms with E-state index in [1.807, 2.05) is 6.07 Å². The average molecular weight is 388 g/mol. The highest BCUT2D eigenvalue weighted by Crippen LogP contribution is 2.33. The number of aliphatic carboxylic acids is 1. The zero-order valence-corrected chi connectivity index (χ0v) is 13.6. The Balaban J connectivity index is 2.22. The van der Waals surface area contributed by atoms with Gasteiger partial charge in [0.2, 0.25) is 0 Å². The lowest BCUT2D eigenvalue weighted by Crippen LogP contribution is -1.88. The van der Waals surface area contributed by atoms with E-state index in [2.05, 4.69) is 15.9 Å². The number of benzene rings is 2. The van der Waals surface area contributed by atoms with Gasteiger partial charge in [0, 0.05) is 10.5 Å². The molecule has 0 fully saturated rings. The second kappa shape index (κ2) is 6.98. The molecule has 0 aromatic heterocycles. The number of carbonyl (C=O) groups is 1. The molecule has 0 aliphatic carbocycles. The van der Waals surface area contributed by atoms with Gasteiger partial charge in [-0.2, -0.15) is 0 Å². The van der Waals surface area contributed by atoms with E-state index in [-0.39, 0.29) is 0 Å². The van der Waals surface area contributed by atoms with Gasteiger partial charge in [0.15, 0.2) is 0 Å². The summed E-state index contributed by atoms with van der Waals surface area (Å²) in [6.07, 6.45) is 2.44. The second-order valence-corrected chi connectivity index (χ2v) is 5.76. The fourth-order valence-corrected chi connectivity index (χ4v) is 2.50. The summed E-state index contributed by atoms with van der Waals surface area (Å²) in [5, 5.41) is 9.45. The molecule has 0 saturated carbocycles. The van der Waals surface area contributed by atoms with E-state index in [4.69, 9.17) is 33.0 Å². The number of carboxylic acid groups (broad SMARTS) is 1. The summed E-state index contributed by atoms with van der Waals surface area (Å²) in [4.78, 5) is 10.5. The van der Waals surface area contributed by atoms with Crippen LogP contribution in [0, 0.1) is 0 Å². The molecule has 2 rings (SSSR count). The van der Waals surface area contributed by atoms with E-state index in [0.29, 0.717) is 27.1 Å². The fourth-order valence-electron chi connectivity index (χ4n) is 1.55. The van der Waals surface area contributed by atoms with Gasteiger partial charge in [-0.05, 0) is 48.0 Å². The monoisotopic (exact) mass is 386 g/mol. The number of hydrogen-bond acceptors (Lipinski definition) is 2. The third-order valence-electron chi connectivity index (χ3n) is 2.50. The summed E-state index contributed by atoms with van der Waals surface area (Å²) in [5.41, 5.74) is 0.591. The highest BCUT2D eigenvalue weighted by Gasteiger charge is 2.06. The Morgan fingerprint density at radius 2 is 1.90 bits per heavy atom. The van der Waals surface area contributed by atoms with Gasteiger partial charge in [-0.25, -0.2) is 4.79 Å². The molecule has 0 saturated heterocycles. The van der Waals surface area contributed by atoms with Gasteiger partial charge in [-0.15, -0.1) is 0 Å². The van der Waals surface area contributed by atoms with Crippen LogP contribution in [0.15, 0.2) is 46.9 Å². The number of carboxylic acids is 1. The molecule has 0 amide bonds. The molecule has 0 aliphatic rings. The minimum atomic E-state index is -1.03. The molecule has 0 aliphatic heterocycles. The van der Waals surface area contributed by atoms with E-state index in [1.165, 1.54) is 6.08 Å². The van der Waals surface area contributed by atoms with Crippen LogP contribution in [-0.4, -0.2) is 11.1 Å². The van der Waals surface area contributed by atoms with Crippen molar-refractivity contribution in [2.75, 3.05) is 0 Å². The summed E-state index contributed by atoms with van der Waals surface area (Å²) < 4.78 is 6.50. The highest BCUT2D eigenvalue weighted by molar-refractivity contribution is 9.10. The molecule has 6 heteroatoms. The van der Waals surface area contributed by atoms with Crippen LogP contribution in [0.2, 0.25) is 10.0 Å². The Morgan fingerprint density at radius 3 is 2.52 bits per heavy atom. The maximum atomic E-state index is 10.5. The van der Waals surface area contributed by atoms with Crippen LogP contribution in [0.5, 0.6) is 11.5 Å². The molecule has 3 nitrogen and oxygen atoms in total. The molecule has 2 aromatic rings. The minimum absolute atomic E-state index is 0.387. The Hall–Kier alpha value is -1.49. The highest BCUT2D eigenvalue weighted by atomic mass is 79.9. The maximum Gasteiger partial charge on any atom is 0.328 e. The molecule has 1 N–H and O–H groups in total. The summed E-state index contributed by atoms with van der Waals surface area (Å²) in [6, 6.07) is 10.2. The summed E-state index contributed by atoms with van der Waals surface area (Å²) in [6.45, 7) is 0. The van der Waals surface area contributed by atoms with Gasteiger partial charge in [-0.1, -0.05) is 39.1 Å². The SMILES string of the molecule is O=C(O)/C=C/c1ccc(Oc2ccc(Br)cc2Cl)cc1Cl. The molecule has 108 valence electrons. The van der Waals surface area contributed by atoms with Crippen LogP contribution in [0.25, 0.3) is 6.08 Å². The van der Waals surface area contributed by atoms with Crippen molar-refractivity contribution < 1.29 is 14.6 Å². The van der Waals surface area contributed by atoms with Crippen molar-refractivity contribution in [1.29, 1.82) is 0 Å². The van der Waals surface area contributed by atoms with Crippen LogP contribution in [-0.2, 0) is 4.79 Å². The van der Waals surface area contributed by atoms with Crippen LogP contribution in [0.1, 0.15) is 5.56 Å². The summed E-state index contributed by atoms with van der Waals surface area (Å²) in [5.74, 6) is -0.0190. The van der Waals surface area contributed by atoms with Gasteiger partial charge >= 0.3 is 5.97 Å². The number of rotatable bonds is 4. The molecule has 0 heterocycles. The van der Waals surface area contributed by atoms with Crippen molar-refractivity contribution in [2.45, 2.75) is 0 Å². The molecule has 0 unspecified atom stereocenters. The fraction of sp³-hybridized carbons (Fsp3) is 0. The zero-order chi connectivity index (χ0) is 15.4. The lowest BCUT2D eigenvalue weighted by Gasteiger charge is -2.09. The molecule has 0 spiro atoms. The van der Waals surface area contributed by atoms with Gasteiger partial charge in [0.1, 0.15) is 11.5 Å². The third kappa shape index (κ3) is 4.49. The van der Waals surface area contributed by atoms with Crippen molar-refractivity contribution >= 4 is 51.2 Å². The number of ether oxygens (including phenoxy) is 1. The number of halogens is 3. The Morgan fingerprint density at radius 1 is 1.14 bits per heavy atom. The topological polar surface area (TPSA) is 46.5 Å². The number of hydrogen-bond donors (Lipinski definition) is 1. The van der Waals surface area contributed by atoms with E-state index in [0.717, 1.165) is 10.5 Å². The van der Waals surface area contributed by atoms with Crippen molar-refractivity contribution in [3.8, 4) is 11.5 Å². The van der Waals surface area contributed by atoms with E-state index in [9.17, 15) is 4.79 Å². The first kappa shape index (κ1) is 15.9. The first-order chi connectivity index (χ1) is 9.95. The largest absolute Gasteiger partial charge is 0.478 e. The quantitative estimate of drug-likeness (QED) is 0.690. The van der Waals surface area contributed by atoms with Crippen LogP contribution in [0.3, 0.4) is 0 Å². The molecule has 0 atom stereocenters. The lowest BCUT2D eigenvalue weighted by atomic mass is 10.2. The third-order valence-corrected chi connectivity index (χ3v) is 3.62. The predicted molar refractivity (Wildman–Crippen MR) is 87.3 cm³/mol. The second-order valence-electron chi connectivity index (χ2n) is 4.03. The van der Waals surface area contributed by atoms with E-state index in [1.54, 1.807) is 30.3 Å². The normalized spacial score (nSPS) is 10.8. The summed E-state index contributed by atoms with van der Waals surface area (Å²) in [7, 11) is 0. The lowest BCUT2D eigenvalue weighted by molar-refractivity contribution is -0.131. The van der Waals surface area contributed by atoms with Crippen molar-refractivity contribution in [3.63, 3.8) is 0 Å². The van der Waals surface area contributed by atoms with Crippen LogP contribution < -0.4 is 4.74 Å². The minimum Gasteiger partial charge on any atom is -0.478 e. The first-order valence-electron chi connectivity index (χ1n) is 5.79. The Labute approximate surface area is 139 Å². The average Bonchev–Trinajstić information content (AvgIpc) is 2.41. The molecule has 0 bridgehead atoms. The van der Waals surface area contributed by atoms with Crippen LogP contribution >= 0.6 is 39.1 Å². The van der Waals surface area contributed by atoms with Crippen LogP contribution in [0.4, 0.5) is 0 Å². The Kier molecular flexibility index (Phi) is 5.28. The van der Waals surface area contributed by atoms with Gasteiger partial charge in [0.05, 0.1) is 10.0 Å². The van der Waals surface area contributed by atoms with E-state index < -0.39 is 5.97 Å². The van der Waals surface area contributed by atoms with Gasteiger partial charge in [0.25, 0.3) is 0 Å². The standard InChI is InChI=1S/C15H9BrCl2O3/c16-10-3-5-14(13(18)7-10)21-11-4-1-9(12(17)8-11)2-6-15(19)20/h1-8H,(H,19,20)/b6-2+. The first-order valence-corrected chi connectivity index (χ1v) is 7.34. The summed E-state index contributed by atoms with van der Waals surface area (Å²) >= 11 is 15.5. The maximum absolute atomic E-state index is 10.5. The molecule has 0 radical (unpaired) electrons. The van der Waals surface area contributed by atoms with Crippen molar-refractivity contribution in [1.82, 2.24) is 0 Å². The van der Waals surface area contributed by atoms with Crippen molar-refractivity contribution in [2.24, 2.45) is 0 Å². The van der Waals surface area contributed by atoms with Crippen molar-refractivity contribution in [3.05, 3.63) is 62.6 Å². The molecular weight excluding hydrogens is 379 g/mol. The van der Waals surface area contributed by atoms with Gasteiger partial charge < -0.3 is 9.84 Å². The predicted octanol–water partition coefficient (Wildman–Crippen LogP) is 5.65. The van der Waals surface area contributed by atoms with E-state index >= 15 is 0 Å². The molecular formula is C15H9BrCl2O3. The molecule has 2 aromatic carbocycles. The van der Waals surface area contributed by atoms with Gasteiger partial charge in [-0.3, -0.25) is 0 Å². The Bertz CT molecular complexity index is 714. The smallest absolute Gasteiger partial charge is 0.328 e.